The molecule has 26 heavy (non-hydrogen) atoms. The number of ether oxygens (including phenoxy) is 1. The first-order valence-electron chi connectivity index (χ1n) is 9.49. The first-order valence-corrected chi connectivity index (χ1v) is 9.86. The summed E-state index contributed by atoms with van der Waals surface area (Å²) in [6.45, 7) is 4.24. The van der Waals surface area contributed by atoms with Crippen LogP contribution in [0.3, 0.4) is 0 Å². The minimum atomic E-state index is 0. The molecule has 0 bridgehead atoms. The molecule has 0 N–H and O–H groups in total. The predicted octanol–water partition coefficient (Wildman–Crippen LogP) is 5.80. The molecule has 0 atom stereocenters. The molecule has 2 aromatic rings. The van der Waals surface area contributed by atoms with Gasteiger partial charge >= 0.3 is 0 Å². The largest absolute Gasteiger partial charge is 0.493 e. The lowest BCUT2D eigenvalue weighted by Crippen LogP contribution is -2.27. The number of halogens is 2. The molecule has 1 fully saturated rings. The molecule has 142 valence electrons. The average molecular weight is 394 g/mol. The molecular weight excluding hydrogens is 365 g/mol. The van der Waals surface area contributed by atoms with Crippen molar-refractivity contribution in [2.45, 2.75) is 38.5 Å². The van der Waals surface area contributed by atoms with Gasteiger partial charge in [-0.25, -0.2) is 0 Å². The third-order valence-electron chi connectivity index (χ3n) is 4.91. The summed E-state index contributed by atoms with van der Waals surface area (Å²) in [5, 5.41) is 0.793. The van der Waals surface area contributed by atoms with Crippen LogP contribution in [0.2, 0.25) is 5.02 Å². The van der Waals surface area contributed by atoms with Gasteiger partial charge in [0.2, 0.25) is 0 Å². The number of benzene rings is 2. The second-order valence-corrected chi connectivity index (χ2v) is 7.28. The fourth-order valence-corrected chi connectivity index (χ4v) is 3.64. The summed E-state index contributed by atoms with van der Waals surface area (Å²) in [6.07, 6.45) is 7.34. The number of rotatable bonds is 7. The number of nitrogens with zero attached hydrogens (tertiary/aromatic N) is 1. The lowest BCUT2D eigenvalue weighted by Gasteiger charge is -2.20. The van der Waals surface area contributed by atoms with Crippen LogP contribution in [0.5, 0.6) is 5.75 Å². The number of hydrogen-bond donors (Lipinski definition) is 0. The molecule has 0 amide bonds. The van der Waals surface area contributed by atoms with E-state index in [0.29, 0.717) is 6.61 Å². The molecular formula is C22H29Cl2NO. The molecule has 1 aliphatic rings. The molecule has 0 aromatic heterocycles. The Morgan fingerprint density at radius 3 is 2.35 bits per heavy atom. The second-order valence-electron chi connectivity index (χ2n) is 6.84. The molecule has 1 saturated heterocycles. The normalized spacial score (nSPS) is 15.1. The molecule has 2 nitrogen and oxygen atoms in total. The Kier molecular flexibility index (Phi) is 9.31. The van der Waals surface area contributed by atoms with Crippen LogP contribution in [-0.4, -0.2) is 31.1 Å². The highest BCUT2D eigenvalue weighted by atomic mass is 35.5. The van der Waals surface area contributed by atoms with E-state index < -0.39 is 0 Å². The Morgan fingerprint density at radius 1 is 0.885 bits per heavy atom. The van der Waals surface area contributed by atoms with Gasteiger partial charge in [0.15, 0.2) is 0 Å². The molecule has 1 aliphatic heterocycles. The first kappa shape index (κ1) is 21.1. The molecule has 0 aliphatic carbocycles. The van der Waals surface area contributed by atoms with E-state index >= 15 is 0 Å². The Bertz CT molecular complexity index is 640. The fourth-order valence-electron chi connectivity index (χ4n) is 3.45. The van der Waals surface area contributed by atoms with E-state index in [9.17, 15) is 0 Å². The molecule has 0 radical (unpaired) electrons. The second kappa shape index (κ2) is 11.5. The maximum atomic E-state index is 6.23. The van der Waals surface area contributed by atoms with Crippen molar-refractivity contribution in [3.05, 3.63) is 64.7 Å². The molecule has 0 unspecified atom stereocenters. The van der Waals surface area contributed by atoms with Crippen molar-refractivity contribution in [2.75, 3.05) is 26.2 Å². The Balaban J connectivity index is 0.00000243. The van der Waals surface area contributed by atoms with Gasteiger partial charge in [-0.1, -0.05) is 54.8 Å². The summed E-state index contributed by atoms with van der Waals surface area (Å²) in [7, 11) is 0. The third-order valence-corrected chi connectivity index (χ3v) is 5.14. The summed E-state index contributed by atoms with van der Waals surface area (Å²) < 4.78 is 6.08. The summed E-state index contributed by atoms with van der Waals surface area (Å²) in [5.41, 5.74) is 2.53. The zero-order valence-electron chi connectivity index (χ0n) is 15.3. The van der Waals surface area contributed by atoms with E-state index in [4.69, 9.17) is 16.3 Å². The van der Waals surface area contributed by atoms with E-state index in [-0.39, 0.29) is 12.4 Å². The average Bonchev–Trinajstić information content (AvgIpc) is 2.91. The van der Waals surface area contributed by atoms with Gasteiger partial charge in [0.05, 0.1) is 6.61 Å². The smallest absolute Gasteiger partial charge is 0.122 e. The van der Waals surface area contributed by atoms with E-state index in [2.05, 4.69) is 35.2 Å². The van der Waals surface area contributed by atoms with Crippen molar-refractivity contribution in [3.8, 4) is 5.75 Å². The van der Waals surface area contributed by atoms with Gasteiger partial charge in [-0.15, -0.1) is 12.4 Å². The van der Waals surface area contributed by atoms with Crippen LogP contribution < -0.4 is 4.74 Å². The fraction of sp³-hybridized carbons (Fsp3) is 0.455. The van der Waals surface area contributed by atoms with Crippen molar-refractivity contribution in [1.82, 2.24) is 4.90 Å². The van der Waals surface area contributed by atoms with Crippen LogP contribution >= 0.6 is 24.0 Å². The van der Waals surface area contributed by atoms with E-state index in [1.165, 1.54) is 49.9 Å². The highest BCUT2D eigenvalue weighted by molar-refractivity contribution is 6.30. The molecule has 0 saturated carbocycles. The van der Waals surface area contributed by atoms with Crippen molar-refractivity contribution in [1.29, 1.82) is 0 Å². The van der Waals surface area contributed by atoms with Crippen LogP contribution in [0.1, 0.15) is 36.8 Å². The first-order chi connectivity index (χ1) is 12.3. The summed E-state index contributed by atoms with van der Waals surface area (Å²) in [4.78, 5) is 2.58. The van der Waals surface area contributed by atoms with Gasteiger partial charge in [0, 0.05) is 18.0 Å². The van der Waals surface area contributed by atoms with Gasteiger partial charge in [-0.2, -0.15) is 0 Å². The number of hydrogen-bond acceptors (Lipinski definition) is 2. The molecule has 1 heterocycles. The Hall–Kier alpha value is -1.22. The molecule has 4 heteroatoms. The summed E-state index contributed by atoms with van der Waals surface area (Å²) in [6, 6.07) is 16.5. The van der Waals surface area contributed by atoms with Crippen LogP contribution in [0.15, 0.2) is 48.5 Å². The van der Waals surface area contributed by atoms with Crippen LogP contribution in [0, 0.1) is 0 Å². The standard InChI is InChI=1S/C22H28ClNO.ClH/c23-21-10-11-22(25-17-13-19-8-4-3-5-9-19)20(18-21)12-16-24-14-6-1-2-7-15-24;/h3-5,8-11,18H,1-2,6-7,12-17H2;1H. The minimum Gasteiger partial charge on any atom is -0.493 e. The van der Waals surface area contributed by atoms with Crippen molar-refractivity contribution < 1.29 is 4.74 Å². The Morgan fingerprint density at radius 2 is 1.62 bits per heavy atom. The molecule has 2 aromatic carbocycles. The number of likely N-dealkylation sites (tertiary alicyclic amines) is 1. The monoisotopic (exact) mass is 393 g/mol. The highest BCUT2D eigenvalue weighted by Gasteiger charge is 2.11. The zero-order valence-corrected chi connectivity index (χ0v) is 16.9. The van der Waals surface area contributed by atoms with Crippen molar-refractivity contribution >= 4 is 24.0 Å². The van der Waals surface area contributed by atoms with Crippen LogP contribution in [-0.2, 0) is 12.8 Å². The summed E-state index contributed by atoms with van der Waals surface area (Å²) >= 11 is 6.23. The van der Waals surface area contributed by atoms with E-state index in [0.717, 1.165) is 30.2 Å². The lowest BCUT2D eigenvalue weighted by molar-refractivity contribution is 0.283. The quantitative estimate of drug-likeness (QED) is 0.588. The van der Waals surface area contributed by atoms with E-state index in [1.54, 1.807) is 0 Å². The van der Waals surface area contributed by atoms with Gasteiger partial charge in [0.25, 0.3) is 0 Å². The topological polar surface area (TPSA) is 12.5 Å². The lowest BCUT2D eigenvalue weighted by atomic mass is 10.1. The predicted molar refractivity (Wildman–Crippen MR) is 113 cm³/mol. The van der Waals surface area contributed by atoms with Crippen molar-refractivity contribution in [2.24, 2.45) is 0 Å². The van der Waals surface area contributed by atoms with Gasteiger partial charge in [0.1, 0.15) is 5.75 Å². The SMILES string of the molecule is Cl.Clc1ccc(OCCc2ccccc2)c(CCN2CCCCCC2)c1. The van der Waals surface area contributed by atoms with E-state index in [1.807, 2.05) is 18.2 Å². The van der Waals surface area contributed by atoms with Gasteiger partial charge in [-0.3, -0.25) is 0 Å². The van der Waals surface area contributed by atoms with Crippen LogP contribution in [0.25, 0.3) is 0 Å². The maximum absolute atomic E-state index is 6.23. The highest BCUT2D eigenvalue weighted by Crippen LogP contribution is 2.24. The van der Waals surface area contributed by atoms with Gasteiger partial charge in [-0.05, 0) is 61.7 Å². The maximum Gasteiger partial charge on any atom is 0.122 e. The third kappa shape index (κ3) is 6.83. The van der Waals surface area contributed by atoms with Crippen molar-refractivity contribution in [3.63, 3.8) is 0 Å². The van der Waals surface area contributed by atoms with Gasteiger partial charge < -0.3 is 9.64 Å². The molecule has 0 spiro atoms. The zero-order chi connectivity index (χ0) is 17.3. The van der Waals surface area contributed by atoms with Crippen LogP contribution in [0.4, 0.5) is 0 Å². The molecule has 3 rings (SSSR count). The minimum absolute atomic E-state index is 0. The summed E-state index contributed by atoms with van der Waals surface area (Å²) in [5.74, 6) is 0.982. The Labute approximate surface area is 168 Å².